The summed E-state index contributed by atoms with van der Waals surface area (Å²) in [7, 11) is 0. The smallest absolute Gasteiger partial charge is 0.270 e. The lowest BCUT2D eigenvalue weighted by atomic mass is 9.87. The lowest BCUT2D eigenvalue weighted by molar-refractivity contribution is 0.590. The molecule has 3 heterocycles. The second-order valence-corrected chi connectivity index (χ2v) is 8.67. The monoisotopic (exact) mass is 405 g/mol. The van der Waals surface area contributed by atoms with Gasteiger partial charge in [0.15, 0.2) is 10.4 Å². The van der Waals surface area contributed by atoms with Crippen molar-refractivity contribution in [3.8, 4) is 11.4 Å². The molecule has 3 aromatic heterocycles. The van der Waals surface area contributed by atoms with Gasteiger partial charge in [0.05, 0.1) is 5.56 Å². The molecule has 0 unspecified atom stereocenters. The van der Waals surface area contributed by atoms with Gasteiger partial charge in [0.1, 0.15) is 5.82 Å². The molecule has 7 heteroatoms. The summed E-state index contributed by atoms with van der Waals surface area (Å²) in [6.45, 7) is 8.47. The second kappa shape index (κ2) is 7.08. The van der Waals surface area contributed by atoms with Gasteiger partial charge in [-0.1, -0.05) is 51.1 Å². The highest BCUT2D eigenvalue weighted by atomic mass is 32.1. The molecule has 29 heavy (non-hydrogen) atoms. The van der Waals surface area contributed by atoms with Crippen LogP contribution in [0, 0.1) is 11.7 Å². The minimum atomic E-state index is -0.196. The zero-order chi connectivity index (χ0) is 20.8. The molecule has 4 aromatic rings. The Bertz CT molecular complexity index is 1290. The molecule has 148 valence electrons. The highest BCUT2D eigenvalue weighted by Crippen LogP contribution is 2.25. The van der Waals surface area contributed by atoms with Crippen LogP contribution in [0.25, 0.3) is 17.0 Å². The van der Waals surface area contributed by atoms with E-state index in [0.717, 1.165) is 16.8 Å². The summed E-state index contributed by atoms with van der Waals surface area (Å²) < 4.78 is 1.93. The number of hydrogen-bond acceptors (Lipinski definition) is 4. The van der Waals surface area contributed by atoms with E-state index in [1.807, 2.05) is 31.2 Å². The minimum absolute atomic E-state index is 0.0754. The molecule has 4 rings (SSSR count). The Morgan fingerprint density at radius 2 is 1.83 bits per heavy atom. The summed E-state index contributed by atoms with van der Waals surface area (Å²) in [5.74, 6) is 0.637. The Kier molecular flexibility index (Phi) is 4.70. The average Bonchev–Trinajstić information content (AvgIpc) is 2.99. The molecule has 0 amide bonds. The number of rotatable bonds is 3. The molecule has 0 spiro atoms. The number of pyridine rings is 1. The third-order valence-electron chi connectivity index (χ3n) is 4.99. The SMILES string of the molecule is Cc1ccc(Cc2c(=O)[nH]n3c(=S)[nH]c(-c4ccc(C(C)(C)C)cc4)nc23)cn1. The third kappa shape index (κ3) is 3.78. The first-order valence-electron chi connectivity index (χ1n) is 9.49. The fraction of sp³-hybridized carbons (Fsp3) is 0.273. The van der Waals surface area contributed by atoms with Gasteiger partial charge >= 0.3 is 0 Å². The lowest BCUT2D eigenvalue weighted by Crippen LogP contribution is -2.10. The van der Waals surface area contributed by atoms with Crippen molar-refractivity contribution < 1.29 is 0 Å². The van der Waals surface area contributed by atoms with Gasteiger partial charge in [0.2, 0.25) is 0 Å². The van der Waals surface area contributed by atoms with E-state index in [-0.39, 0.29) is 11.0 Å². The van der Waals surface area contributed by atoms with Crippen molar-refractivity contribution in [3.63, 3.8) is 0 Å². The summed E-state index contributed by atoms with van der Waals surface area (Å²) in [6.07, 6.45) is 2.22. The van der Waals surface area contributed by atoms with Crippen molar-refractivity contribution in [2.45, 2.75) is 39.5 Å². The van der Waals surface area contributed by atoms with Crippen LogP contribution >= 0.6 is 12.2 Å². The van der Waals surface area contributed by atoms with Gasteiger partial charge in [0, 0.05) is 23.9 Å². The third-order valence-corrected chi connectivity index (χ3v) is 5.28. The van der Waals surface area contributed by atoms with Crippen LogP contribution in [0.2, 0.25) is 0 Å². The standard InChI is InChI=1S/C22H23N5OS/c1-13-5-6-14(12-23-13)11-17-19-24-18(25-21(29)27(19)26-20(17)28)15-7-9-16(10-8-15)22(2,3)4/h5-10,12H,11H2,1-4H3,(H,26,28)(H,24,25,29). The number of H-pyrrole nitrogens is 2. The molecule has 2 N–H and O–H groups in total. The van der Waals surface area contributed by atoms with Crippen LogP contribution in [-0.4, -0.2) is 24.6 Å². The lowest BCUT2D eigenvalue weighted by Gasteiger charge is -2.19. The van der Waals surface area contributed by atoms with Crippen LogP contribution in [0.1, 0.15) is 43.2 Å². The Hall–Kier alpha value is -3.06. The van der Waals surface area contributed by atoms with Gasteiger partial charge < -0.3 is 4.98 Å². The molecule has 0 saturated heterocycles. The van der Waals surface area contributed by atoms with E-state index in [1.54, 1.807) is 6.20 Å². The van der Waals surface area contributed by atoms with Crippen LogP contribution in [0.4, 0.5) is 0 Å². The Morgan fingerprint density at radius 3 is 2.45 bits per heavy atom. The van der Waals surface area contributed by atoms with Crippen LogP contribution in [0.5, 0.6) is 0 Å². The van der Waals surface area contributed by atoms with Crippen LogP contribution in [0.15, 0.2) is 47.4 Å². The Balaban J connectivity index is 1.80. The number of hydrogen-bond donors (Lipinski definition) is 2. The summed E-state index contributed by atoms with van der Waals surface area (Å²) >= 11 is 5.47. The van der Waals surface area contributed by atoms with E-state index in [0.29, 0.717) is 28.2 Å². The van der Waals surface area contributed by atoms with E-state index in [4.69, 9.17) is 17.2 Å². The van der Waals surface area contributed by atoms with E-state index in [1.165, 1.54) is 10.1 Å². The molecule has 1 aromatic carbocycles. The Morgan fingerprint density at radius 1 is 1.10 bits per heavy atom. The highest BCUT2D eigenvalue weighted by Gasteiger charge is 2.16. The predicted octanol–water partition coefficient (Wildman–Crippen LogP) is 4.34. The van der Waals surface area contributed by atoms with Crippen molar-refractivity contribution >= 4 is 17.9 Å². The van der Waals surface area contributed by atoms with Gasteiger partial charge in [-0.25, -0.2) is 9.50 Å². The van der Waals surface area contributed by atoms with E-state index >= 15 is 0 Å². The number of nitrogens with zero attached hydrogens (tertiary/aromatic N) is 3. The summed E-state index contributed by atoms with van der Waals surface area (Å²) in [5.41, 5.74) is 5.04. The van der Waals surface area contributed by atoms with E-state index in [9.17, 15) is 4.79 Å². The first kappa shape index (κ1) is 19.3. The quantitative estimate of drug-likeness (QED) is 0.497. The maximum Gasteiger partial charge on any atom is 0.270 e. The van der Waals surface area contributed by atoms with Gasteiger partial charge in [-0.05, 0) is 41.7 Å². The number of nitrogens with one attached hydrogen (secondary N) is 2. The summed E-state index contributed by atoms with van der Waals surface area (Å²) in [6, 6.07) is 12.2. The van der Waals surface area contributed by atoms with Gasteiger partial charge in [-0.3, -0.25) is 14.9 Å². The molecule has 0 radical (unpaired) electrons. The van der Waals surface area contributed by atoms with Crippen LogP contribution in [-0.2, 0) is 11.8 Å². The first-order valence-corrected chi connectivity index (χ1v) is 9.89. The summed E-state index contributed by atoms with van der Waals surface area (Å²) in [4.78, 5) is 24.7. The fourth-order valence-electron chi connectivity index (χ4n) is 3.25. The zero-order valence-corrected chi connectivity index (χ0v) is 17.7. The van der Waals surface area contributed by atoms with Crippen LogP contribution < -0.4 is 5.56 Å². The van der Waals surface area contributed by atoms with Gasteiger partial charge in [0.25, 0.3) is 5.56 Å². The Labute approximate surface area is 173 Å². The summed E-state index contributed by atoms with van der Waals surface area (Å²) in [5, 5.41) is 2.78. The molecule has 0 aliphatic carbocycles. The topological polar surface area (TPSA) is 78.8 Å². The number of aromatic amines is 2. The molecule has 0 atom stereocenters. The molecule has 0 bridgehead atoms. The van der Waals surface area contributed by atoms with E-state index < -0.39 is 0 Å². The van der Waals surface area contributed by atoms with Crippen molar-refractivity contribution in [1.29, 1.82) is 0 Å². The maximum atomic E-state index is 12.6. The molecular formula is C22H23N5OS. The molecule has 0 saturated carbocycles. The minimum Gasteiger partial charge on any atom is -0.315 e. The number of fused-ring (bicyclic) bond motifs is 1. The van der Waals surface area contributed by atoms with Crippen molar-refractivity contribution in [3.05, 3.63) is 80.1 Å². The average molecular weight is 406 g/mol. The number of benzene rings is 1. The normalized spacial score (nSPS) is 11.9. The molecule has 0 aliphatic rings. The van der Waals surface area contributed by atoms with Crippen molar-refractivity contribution in [1.82, 2.24) is 24.6 Å². The predicted molar refractivity (Wildman–Crippen MR) is 117 cm³/mol. The van der Waals surface area contributed by atoms with Gasteiger partial charge in [-0.15, -0.1) is 0 Å². The molecule has 6 nitrogen and oxygen atoms in total. The largest absolute Gasteiger partial charge is 0.315 e. The first-order chi connectivity index (χ1) is 13.7. The van der Waals surface area contributed by atoms with Crippen molar-refractivity contribution in [2.24, 2.45) is 0 Å². The molecule has 0 aliphatic heterocycles. The highest BCUT2D eigenvalue weighted by molar-refractivity contribution is 7.71. The number of aromatic nitrogens is 5. The molecular weight excluding hydrogens is 382 g/mol. The van der Waals surface area contributed by atoms with E-state index in [2.05, 4.69) is 48.0 Å². The van der Waals surface area contributed by atoms with Gasteiger partial charge in [-0.2, -0.15) is 0 Å². The van der Waals surface area contributed by atoms with Crippen LogP contribution in [0.3, 0.4) is 0 Å². The second-order valence-electron chi connectivity index (χ2n) is 8.28. The number of aryl methyl sites for hydroxylation is 1. The van der Waals surface area contributed by atoms with Crippen molar-refractivity contribution in [2.75, 3.05) is 0 Å². The zero-order valence-electron chi connectivity index (χ0n) is 16.9. The fourth-order valence-corrected chi connectivity index (χ4v) is 3.47. The maximum absolute atomic E-state index is 12.6. The molecule has 0 fully saturated rings.